The van der Waals surface area contributed by atoms with Gasteiger partial charge in [0.2, 0.25) is 5.91 Å². The van der Waals surface area contributed by atoms with Gasteiger partial charge in [0, 0.05) is 30.9 Å². The Bertz CT molecular complexity index is 841. The summed E-state index contributed by atoms with van der Waals surface area (Å²) in [4.78, 5) is 14.0. The van der Waals surface area contributed by atoms with Gasteiger partial charge in [-0.1, -0.05) is 18.2 Å². The lowest BCUT2D eigenvalue weighted by Crippen LogP contribution is -2.45. The van der Waals surface area contributed by atoms with Crippen molar-refractivity contribution in [1.82, 2.24) is 9.21 Å². The van der Waals surface area contributed by atoms with E-state index in [2.05, 4.69) is 0 Å². The Morgan fingerprint density at radius 1 is 1.17 bits per heavy atom. The van der Waals surface area contributed by atoms with Crippen LogP contribution >= 0.6 is 11.3 Å². The maximum atomic E-state index is 13.0. The van der Waals surface area contributed by atoms with Crippen molar-refractivity contribution >= 4 is 37.4 Å². The summed E-state index contributed by atoms with van der Waals surface area (Å²) in [5.74, 6) is -0.127. The zero-order chi connectivity index (χ0) is 16.2. The number of carbonyl (C=O) groups excluding carboxylic acids is 1. The van der Waals surface area contributed by atoms with Crippen LogP contribution in [0.3, 0.4) is 0 Å². The number of amides is 1. The fourth-order valence-corrected chi connectivity index (χ4v) is 6.60. The predicted molar refractivity (Wildman–Crippen MR) is 89.9 cm³/mol. The normalized spacial score (nSPS) is 26.0. The van der Waals surface area contributed by atoms with Crippen LogP contribution in [0.4, 0.5) is 0 Å². The van der Waals surface area contributed by atoms with E-state index in [1.54, 1.807) is 18.0 Å². The molecule has 0 spiro atoms. The Morgan fingerprint density at radius 3 is 2.74 bits per heavy atom. The van der Waals surface area contributed by atoms with E-state index in [9.17, 15) is 13.2 Å². The summed E-state index contributed by atoms with van der Waals surface area (Å²) < 4.78 is 29.0. The molecule has 3 aliphatic rings. The summed E-state index contributed by atoms with van der Waals surface area (Å²) in [5, 5.41) is 0.946. The van der Waals surface area contributed by atoms with Crippen molar-refractivity contribution < 1.29 is 13.2 Å². The molecule has 5 nitrogen and oxygen atoms in total. The fraction of sp³-hybridized carbons (Fsp3) is 0.438. The highest BCUT2D eigenvalue weighted by molar-refractivity contribution is 7.91. The number of thiophene rings is 1. The third-order valence-electron chi connectivity index (χ3n) is 4.93. The molecule has 4 heterocycles. The minimum Gasteiger partial charge on any atom is -0.341 e. The molecule has 122 valence electrons. The highest BCUT2D eigenvalue weighted by Crippen LogP contribution is 2.35. The van der Waals surface area contributed by atoms with Gasteiger partial charge in [-0.25, -0.2) is 8.42 Å². The van der Waals surface area contributed by atoms with E-state index in [-0.39, 0.29) is 17.9 Å². The van der Waals surface area contributed by atoms with Crippen molar-refractivity contribution in [3.8, 4) is 0 Å². The first-order valence-electron chi connectivity index (χ1n) is 7.72. The molecule has 1 aromatic carbocycles. The minimum absolute atomic E-state index is 0.00889. The molecule has 0 saturated carbocycles. The summed E-state index contributed by atoms with van der Waals surface area (Å²) >= 11 is 1.30. The molecule has 3 aliphatic heterocycles. The predicted octanol–water partition coefficient (Wildman–Crippen LogP) is 2.14. The first-order valence-corrected chi connectivity index (χ1v) is 9.98. The summed E-state index contributed by atoms with van der Waals surface area (Å²) in [6.07, 6.45) is 1.66. The zero-order valence-electron chi connectivity index (χ0n) is 12.8. The first-order chi connectivity index (χ1) is 11.0. The molecule has 5 rings (SSSR count). The van der Waals surface area contributed by atoms with Gasteiger partial charge < -0.3 is 4.90 Å². The number of nitrogens with zero attached hydrogens (tertiary/aromatic N) is 2. The molecule has 2 bridgehead atoms. The van der Waals surface area contributed by atoms with Crippen molar-refractivity contribution in [3.63, 3.8) is 0 Å². The number of sulfonamides is 1. The Hall–Kier alpha value is -1.44. The molecule has 2 aromatic rings. The van der Waals surface area contributed by atoms with Crippen LogP contribution in [0.2, 0.25) is 0 Å². The molecule has 0 N–H and O–H groups in total. The van der Waals surface area contributed by atoms with Crippen molar-refractivity contribution in [3.05, 3.63) is 30.3 Å². The maximum absolute atomic E-state index is 13.0. The number of benzene rings is 1. The van der Waals surface area contributed by atoms with Crippen LogP contribution < -0.4 is 0 Å². The van der Waals surface area contributed by atoms with Crippen LogP contribution in [0.1, 0.15) is 12.8 Å². The average molecular weight is 350 g/mol. The van der Waals surface area contributed by atoms with Gasteiger partial charge in [0.1, 0.15) is 4.21 Å². The van der Waals surface area contributed by atoms with Crippen molar-refractivity contribution in [2.75, 3.05) is 20.1 Å². The third kappa shape index (κ3) is 2.38. The molecule has 0 radical (unpaired) electrons. The molecule has 1 aromatic heterocycles. The van der Waals surface area contributed by atoms with E-state index in [0.29, 0.717) is 17.3 Å². The van der Waals surface area contributed by atoms with Crippen LogP contribution in [0.25, 0.3) is 10.1 Å². The average Bonchev–Trinajstić information content (AvgIpc) is 2.80. The smallest absolute Gasteiger partial charge is 0.252 e. The molecule has 2 atom stereocenters. The second-order valence-corrected chi connectivity index (χ2v) is 9.55. The van der Waals surface area contributed by atoms with Crippen LogP contribution in [0.5, 0.6) is 0 Å². The van der Waals surface area contributed by atoms with Crippen LogP contribution in [-0.2, 0) is 14.8 Å². The molecule has 23 heavy (non-hydrogen) atoms. The van der Waals surface area contributed by atoms with Gasteiger partial charge in [-0.15, -0.1) is 11.3 Å². The zero-order valence-corrected chi connectivity index (χ0v) is 14.4. The number of hydrogen-bond donors (Lipinski definition) is 0. The van der Waals surface area contributed by atoms with Gasteiger partial charge in [-0.2, -0.15) is 4.31 Å². The van der Waals surface area contributed by atoms with Gasteiger partial charge in [-0.05, 0) is 30.4 Å². The molecular formula is C16H18N2O3S2. The van der Waals surface area contributed by atoms with E-state index < -0.39 is 10.0 Å². The molecular weight excluding hydrogens is 332 g/mol. The second-order valence-electron chi connectivity index (χ2n) is 6.30. The largest absolute Gasteiger partial charge is 0.341 e. The van der Waals surface area contributed by atoms with E-state index in [1.165, 1.54) is 15.6 Å². The lowest BCUT2D eigenvalue weighted by atomic mass is 9.95. The van der Waals surface area contributed by atoms with E-state index in [1.807, 2.05) is 24.3 Å². The number of fused-ring (bicyclic) bond motifs is 5. The summed E-state index contributed by atoms with van der Waals surface area (Å²) in [7, 11) is -1.76. The van der Waals surface area contributed by atoms with Crippen molar-refractivity contribution in [1.29, 1.82) is 0 Å². The quantitative estimate of drug-likeness (QED) is 0.834. The molecule has 1 amide bonds. The number of hydrogen-bond acceptors (Lipinski definition) is 4. The van der Waals surface area contributed by atoms with Gasteiger partial charge in [0.25, 0.3) is 10.0 Å². The van der Waals surface area contributed by atoms with Crippen LogP contribution in [0.15, 0.2) is 34.5 Å². The lowest BCUT2D eigenvalue weighted by Gasteiger charge is -2.32. The van der Waals surface area contributed by atoms with Crippen molar-refractivity contribution in [2.45, 2.75) is 23.1 Å². The van der Waals surface area contributed by atoms with E-state index in [4.69, 9.17) is 0 Å². The van der Waals surface area contributed by atoms with Gasteiger partial charge >= 0.3 is 0 Å². The number of rotatable bonds is 2. The summed E-state index contributed by atoms with van der Waals surface area (Å²) in [5.41, 5.74) is 0. The molecule has 0 unspecified atom stereocenters. The number of piperidine rings is 1. The Kier molecular flexibility index (Phi) is 3.48. The summed E-state index contributed by atoms with van der Waals surface area (Å²) in [6.45, 7) is 0.700. The Labute approximate surface area is 139 Å². The van der Waals surface area contributed by atoms with Crippen LogP contribution in [0, 0.1) is 5.92 Å². The fourth-order valence-electron chi connectivity index (χ4n) is 3.53. The van der Waals surface area contributed by atoms with Gasteiger partial charge in [0.05, 0.1) is 5.92 Å². The highest BCUT2D eigenvalue weighted by Gasteiger charge is 2.42. The molecule has 3 fully saturated rings. The van der Waals surface area contributed by atoms with E-state index >= 15 is 0 Å². The standard InChI is InChI=1S/C16H18N2O3S2/c1-17-13-7-6-12(16(17)19)9-18(10-13)23(20,21)15-8-11-4-2-3-5-14(11)22-15/h2-5,8,12-13H,6-7,9-10H2,1H3/t12-,13+/m1/s1. The third-order valence-corrected chi connectivity index (χ3v) is 8.33. The van der Waals surface area contributed by atoms with Crippen LogP contribution in [-0.4, -0.2) is 49.7 Å². The summed E-state index contributed by atoms with van der Waals surface area (Å²) in [6, 6.07) is 9.41. The Balaban J connectivity index is 1.72. The minimum atomic E-state index is -3.55. The Morgan fingerprint density at radius 2 is 1.96 bits per heavy atom. The highest BCUT2D eigenvalue weighted by atomic mass is 32.2. The molecule has 3 saturated heterocycles. The molecule has 7 heteroatoms. The topological polar surface area (TPSA) is 57.7 Å². The maximum Gasteiger partial charge on any atom is 0.252 e. The van der Waals surface area contributed by atoms with E-state index in [0.717, 1.165) is 22.9 Å². The second kappa shape index (κ2) is 5.29. The van der Waals surface area contributed by atoms with Gasteiger partial charge in [0.15, 0.2) is 0 Å². The SMILES string of the molecule is CN1C(=O)[C@@H]2CC[C@H]1CN(S(=O)(=O)c1cc3ccccc3s1)C2. The molecule has 0 aliphatic carbocycles. The first kappa shape index (κ1) is 15.1. The van der Waals surface area contributed by atoms with Crippen molar-refractivity contribution in [2.24, 2.45) is 5.92 Å². The monoisotopic (exact) mass is 350 g/mol. The van der Waals surface area contributed by atoms with Gasteiger partial charge in [-0.3, -0.25) is 4.79 Å². The lowest BCUT2D eigenvalue weighted by molar-refractivity contribution is -0.138. The number of carbonyl (C=O) groups is 1. The number of likely N-dealkylation sites (N-methyl/N-ethyl adjacent to an activating group) is 1.